The van der Waals surface area contributed by atoms with Crippen molar-refractivity contribution in [3.63, 3.8) is 0 Å². The van der Waals surface area contributed by atoms with Gasteiger partial charge in [-0.05, 0) is 75.1 Å². The molecular weight excluding hydrogens is 417 g/mol. The smallest absolute Gasteiger partial charge is 0.264 e. The van der Waals surface area contributed by atoms with Gasteiger partial charge >= 0.3 is 0 Å². The second-order valence-corrected chi connectivity index (χ2v) is 10.1. The SMILES string of the molecule is CC1CCN(CCCNC(=O)c2cccc(S(=O)(=O)N(C)c3ccccc3F)c2)CC1. The van der Waals surface area contributed by atoms with Gasteiger partial charge in [-0.25, -0.2) is 12.8 Å². The van der Waals surface area contributed by atoms with Gasteiger partial charge in [0.1, 0.15) is 5.82 Å². The largest absolute Gasteiger partial charge is 0.352 e. The van der Waals surface area contributed by atoms with Gasteiger partial charge < -0.3 is 10.2 Å². The molecule has 2 aromatic rings. The number of sulfonamides is 1. The molecule has 1 aliphatic heterocycles. The lowest BCUT2D eigenvalue weighted by Crippen LogP contribution is -2.35. The number of carbonyl (C=O) groups is 1. The zero-order valence-electron chi connectivity index (χ0n) is 18.1. The first-order valence-electron chi connectivity index (χ1n) is 10.6. The average Bonchev–Trinajstić information content (AvgIpc) is 2.77. The van der Waals surface area contributed by atoms with Crippen molar-refractivity contribution >= 4 is 21.6 Å². The maximum Gasteiger partial charge on any atom is 0.264 e. The molecule has 1 heterocycles. The van der Waals surface area contributed by atoms with E-state index in [0.29, 0.717) is 6.54 Å². The van der Waals surface area contributed by atoms with Gasteiger partial charge in [0.05, 0.1) is 10.6 Å². The van der Waals surface area contributed by atoms with Gasteiger partial charge in [0.25, 0.3) is 15.9 Å². The number of halogens is 1. The molecule has 31 heavy (non-hydrogen) atoms. The summed E-state index contributed by atoms with van der Waals surface area (Å²) in [5.74, 6) is -0.166. The van der Waals surface area contributed by atoms with Gasteiger partial charge in [-0.3, -0.25) is 9.10 Å². The van der Waals surface area contributed by atoms with Gasteiger partial charge in [-0.2, -0.15) is 0 Å². The van der Waals surface area contributed by atoms with Crippen molar-refractivity contribution in [2.24, 2.45) is 5.92 Å². The number of carbonyl (C=O) groups excluding carboxylic acids is 1. The molecule has 2 aromatic carbocycles. The topological polar surface area (TPSA) is 69.7 Å². The van der Waals surface area contributed by atoms with E-state index in [-0.39, 0.29) is 22.1 Å². The van der Waals surface area contributed by atoms with Crippen molar-refractivity contribution in [3.8, 4) is 0 Å². The molecule has 0 unspecified atom stereocenters. The highest BCUT2D eigenvalue weighted by Gasteiger charge is 2.24. The number of hydrogen-bond donors (Lipinski definition) is 1. The van der Waals surface area contributed by atoms with Crippen LogP contribution < -0.4 is 9.62 Å². The predicted molar refractivity (Wildman–Crippen MR) is 120 cm³/mol. The lowest BCUT2D eigenvalue weighted by atomic mass is 9.99. The number of piperidine rings is 1. The minimum absolute atomic E-state index is 0.0514. The standard InChI is InChI=1S/C23H30FN3O3S/c1-18-11-15-27(16-12-18)14-6-13-25-23(28)19-7-5-8-20(17-19)31(29,30)26(2)22-10-4-3-9-21(22)24/h3-5,7-10,17-18H,6,11-16H2,1-2H3,(H,25,28). The van der Waals surface area contributed by atoms with Crippen LogP contribution in [0.3, 0.4) is 0 Å². The number of hydrogen-bond acceptors (Lipinski definition) is 4. The van der Waals surface area contributed by atoms with E-state index in [1.807, 2.05) is 0 Å². The molecule has 168 valence electrons. The number of nitrogens with one attached hydrogen (secondary N) is 1. The van der Waals surface area contributed by atoms with Crippen LogP contribution in [0.15, 0.2) is 53.4 Å². The van der Waals surface area contributed by atoms with Crippen molar-refractivity contribution in [3.05, 3.63) is 59.9 Å². The third-order valence-corrected chi connectivity index (χ3v) is 7.53. The van der Waals surface area contributed by atoms with Crippen molar-refractivity contribution in [2.45, 2.75) is 31.1 Å². The maximum atomic E-state index is 14.0. The Kier molecular flexibility index (Phi) is 7.67. The van der Waals surface area contributed by atoms with Crippen LogP contribution >= 0.6 is 0 Å². The van der Waals surface area contributed by atoms with Crippen LogP contribution in [0.1, 0.15) is 36.5 Å². The predicted octanol–water partition coefficient (Wildman–Crippen LogP) is 3.50. The van der Waals surface area contributed by atoms with E-state index in [4.69, 9.17) is 0 Å². The Labute approximate surface area is 184 Å². The molecule has 1 saturated heterocycles. The zero-order valence-corrected chi connectivity index (χ0v) is 18.9. The van der Waals surface area contributed by atoms with Crippen LogP contribution in [0.5, 0.6) is 0 Å². The minimum atomic E-state index is -4.01. The summed E-state index contributed by atoms with van der Waals surface area (Å²) in [4.78, 5) is 14.9. The number of para-hydroxylation sites is 1. The molecule has 1 aliphatic rings. The first-order valence-corrected chi connectivity index (χ1v) is 12.1. The Morgan fingerprint density at radius 3 is 2.58 bits per heavy atom. The first-order chi connectivity index (χ1) is 14.8. The maximum absolute atomic E-state index is 14.0. The van der Waals surface area contributed by atoms with Gasteiger partial charge in [0.15, 0.2) is 0 Å². The number of benzene rings is 2. The Bertz CT molecular complexity index is 1000. The molecule has 1 amide bonds. The molecule has 0 atom stereocenters. The van der Waals surface area contributed by atoms with Crippen LogP contribution in [0, 0.1) is 11.7 Å². The first kappa shape index (κ1) is 23.2. The lowest BCUT2D eigenvalue weighted by Gasteiger charge is -2.30. The van der Waals surface area contributed by atoms with E-state index in [1.54, 1.807) is 12.1 Å². The summed E-state index contributed by atoms with van der Waals surface area (Å²) in [7, 11) is -2.71. The van der Waals surface area contributed by atoms with Crippen molar-refractivity contribution in [1.82, 2.24) is 10.2 Å². The molecule has 0 aliphatic carbocycles. The number of amides is 1. The number of nitrogens with zero attached hydrogens (tertiary/aromatic N) is 2. The van der Waals surface area contributed by atoms with Crippen LogP contribution in [-0.2, 0) is 10.0 Å². The molecular formula is C23H30FN3O3S. The minimum Gasteiger partial charge on any atom is -0.352 e. The normalized spacial score (nSPS) is 15.6. The van der Waals surface area contributed by atoms with E-state index in [1.165, 1.54) is 56.3 Å². The van der Waals surface area contributed by atoms with E-state index >= 15 is 0 Å². The van der Waals surface area contributed by atoms with Gasteiger partial charge in [-0.1, -0.05) is 25.1 Å². The number of likely N-dealkylation sites (tertiary alicyclic amines) is 1. The molecule has 6 nitrogen and oxygen atoms in total. The fourth-order valence-corrected chi connectivity index (χ4v) is 4.93. The van der Waals surface area contributed by atoms with Gasteiger partial charge in [-0.15, -0.1) is 0 Å². The third-order valence-electron chi connectivity index (χ3n) is 5.76. The lowest BCUT2D eigenvalue weighted by molar-refractivity contribution is 0.0950. The van der Waals surface area contributed by atoms with E-state index in [9.17, 15) is 17.6 Å². The van der Waals surface area contributed by atoms with Crippen molar-refractivity contribution in [2.75, 3.05) is 37.5 Å². The summed E-state index contributed by atoms with van der Waals surface area (Å²) < 4.78 is 40.8. The zero-order chi connectivity index (χ0) is 22.4. The van der Waals surface area contributed by atoms with Crippen molar-refractivity contribution in [1.29, 1.82) is 0 Å². The Morgan fingerprint density at radius 1 is 1.16 bits per heavy atom. The number of rotatable bonds is 8. The van der Waals surface area contributed by atoms with Crippen LogP contribution in [0.4, 0.5) is 10.1 Å². The Balaban J connectivity index is 1.60. The monoisotopic (exact) mass is 447 g/mol. The second kappa shape index (κ2) is 10.2. The van der Waals surface area contributed by atoms with Crippen LogP contribution in [0.2, 0.25) is 0 Å². The average molecular weight is 448 g/mol. The van der Waals surface area contributed by atoms with E-state index in [2.05, 4.69) is 17.1 Å². The van der Waals surface area contributed by atoms with Gasteiger partial charge in [0, 0.05) is 19.2 Å². The van der Waals surface area contributed by atoms with Crippen LogP contribution in [0.25, 0.3) is 0 Å². The molecule has 1 N–H and O–H groups in total. The molecule has 1 fully saturated rings. The van der Waals surface area contributed by atoms with E-state index in [0.717, 1.165) is 36.3 Å². The molecule has 0 radical (unpaired) electrons. The summed E-state index contributed by atoms with van der Waals surface area (Å²) in [6.07, 6.45) is 3.28. The highest BCUT2D eigenvalue weighted by atomic mass is 32.2. The summed E-state index contributed by atoms with van der Waals surface area (Å²) in [5.41, 5.74) is 0.208. The molecule has 8 heteroatoms. The quantitative estimate of drug-likeness (QED) is 0.629. The van der Waals surface area contributed by atoms with Crippen molar-refractivity contribution < 1.29 is 17.6 Å². The Morgan fingerprint density at radius 2 is 1.87 bits per heavy atom. The summed E-state index contributed by atoms with van der Waals surface area (Å²) in [6, 6.07) is 11.5. The van der Waals surface area contributed by atoms with E-state index < -0.39 is 15.8 Å². The van der Waals surface area contributed by atoms with Gasteiger partial charge in [0.2, 0.25) is 0 Å². The third kappa shape index (κ3) is 5.83. The van der Waals surface area contributed by atoms with Crippen LogP contribution in [-0.4, -0.2) is 52.5 Å². The fraction of sp³-hybridized carbons (Fsp3) is 0.435. The molecule has 0 saturated carbocycles. The summed E-state index contributed by atoms with van der Waals surface area (Å²) in [6.45, 7) is 5.95. The number of anilines is 1. The molecule has 3 rings (SSSR count). The second-order valence-electron chi connectivity index (χ2n) is 8.09. The molecule has 0 spiro atoms. The summed E-state index contributed by atoms with van der Waals surface area (Å²) in [5, 5.41) is 2.86. The molecule has 0 bridgehead atoms. The Hall–Kier alpha value is -2.45. The highest BCUT2D eigenvalue weighted by Crippen LogP contribution is 2.25. The molecule has 0 aromatic heterocycles. The fourth-order valence-electron chi connectivity index (χ4n) is 3.68. The summed E-state index contributed by atoms with van der Waals surface area (Å²) >= 11 is 0. The highest BCUT2D eigenvalue weighted by molar-refractivity contribution is 7.92.